The third-order valence-corrected chi connectivity index (χ3v) is 4.78. The lowest BCUT2D eigenvalue weighted by atomic mass is 10.1. The summed E-state index contributed by atoms with van der Waals surface area (Å²) in [7, 11) is 1.97. The first-order chi connectivity index (χ1) is 9.69. The molecule has 0 saturated carbocycles. The molecule has 0 spiro atoms. The Bertz CT molecular complexity index is 544. The van der Waals surface area contributed by atoms with E-state index < -0.39 is 0 Å². The minimum atomic E-state index is 0.306. The first-order valence-electron chi connectivity index (χ1n) is 6.51. The molecule has 0 aliphatic rings. The van der Waals surface area contributed by atoms with E-state index >= 15 is 0 Å². The number of nitrogens with one attached hydrogen (secondary N) is 1. The van der Waals surface area contributed by atoms with Crippen molar-refractivity contribution in [1.82, 2.24) is 5.32 Å². The van der Waals surface area contributed by atoms with Crippen LogP contribution in [-0.4, -0.2) is 23.9 Å². The summed E-state index contributed by atoms with van der Waals surface area (Å²) >= 11 is 7.92. The zero-order chi connectivity index (χ0) is 14.4. The van der Waals surface area contributed by atoms with Crippen molar-refractivity contribution in [1.29, 1.82) is 0 Å². The van der Waals surface area contributed by atoms with Gasteiger partial charge in [0.05, 0.1) is 5.02 Å². The smallest absolute Gasteiger partial charge is 0.115 e. The minimum Gasteiger partial charge on any atom is -0.508 e. The molecule has 0 aliphatic heterocycles. The van der Waals surface area contributed by atoms with Crippen LogP contribution in [0.4, 0.5) is 0 Å². The highest BCUT2D eigenvalue weighted by Gasteiger charge is 2.09. The Hall–Kier alpha value is -1.16. The van der Waals surface area contributed by atoms with Gasteiger partial charge >= 0.3 is 0 Å². The number of hydrogen-bond acceptors (Lipinski definition) is 3. The van der Waals surface area contributed by atoms with Crippen molar-refractivity contribution in [3.63, 3.8) is 0 Å². The second kappa shape index (κ2) is 7.58. The molecule has 0 amide bonds. The number of halogens is 1. The third-order valence-electron chi connectivity index (χ3n) is 3.10. The molecule has 2 rings (SSSR count). The summed E-state index contributed by atoms with van der Waals surface area (Å²) in [6, 6.07) is 15.6. The fraction of sp³-hybridized carbons (Fsp3) is 0.250. The molecule has 2 aromatic carbocycles. The lowest BCUT2D eigenvalue weighted by Gasteiger charge is -2.16. The van der Waals surface area contributed by atoms with Gasteiger partial charge in [0, 0.05) is 16.7 Å². The first kappa shape index (κ1) is 15.2. The van der Waals surface area contributed by atoms with Gasteiger partial charge in [0.1, 0.15) is 5.75 Å². The average molecular weight is 308 g/mol. The van der Waals surface area contributed by atoms with Crippen LogP contribution in [-0.2, 0) is 6.42 Å². The van der Waals surface area contributed by atoms with Crippen LogP contribution in [0.5, 0.6) is 5.75 Å². The van der Waals surface area contributed by atoms with Crippen molar-refractivity contribution >= 4 is 23.4 Å². The van der Waals surface area contributed by atoms with E-state index in [1.54, 1.807) is 23.9 Å². The Labute approximate surface area is 129 Å². The number of likely N-dealkylation sites (N-methyl/N-ethyl adjacent to an activating group) is 1. The molecule has 2 aromatic rings. The SMILES string of the molecule is CNC(CSc1ccccc1Cl)Cc1ccc(O)cc1. The van der Waals surface area contributed by atoms with Gasteiger partial charge in [0.25, 0.3) is 0 Å². The van der Waals surface area contributed by atoms with Crippen molar-refractivity contribution < 1.29 is 5.11 Å². The van der Waals surface area contributed by atoms with E-state index in [2.05, 4.69) is 5.32 Å². The van der Waals surface area contributed by atoms with Gasteiger partial charge in [-0.15, -0.1) is 11.8 Å². The summed E-state index contributed by atoms with van der Waals surface area (Å²) in [6.45, 7) is 0. The second-order valence-corrected chi connectivity index (χ2v) is 6.07. The van der Waals surface area contributed by atoms with Crippen LogP contribution >= 0.6 is 23.4 Å². The highest BCUT2D eigenvalue weighted by atomic mass is 35.5. The van der Waals surface area contributed by atoms with E-state index in [-0.39, 0.29) is 0 Å². The quantitative estimate of drug-likeness (QED) is 0.792. The molecule has 106 valence electrons. The maximum atomic E-state index is 9.30. The molecule has 1 atom stereocenters. The molecule has 0 saturated heterocycles. The summed E-state index contributed by atoms with van der Waals surface area (Å²) in [5, 5.41) is 13.4. The highest BCUT2D eigenvalue weighted by Crippen LogP contribution is 2.27. The van der Waals surface area contributed by atoms with Crippen molar-refractivity contribution in [2.45, 2.75) is 17.4 Å². The molecule has 0 heterocycles. The van der Waals surface area contributed by atoms with Crippen LogP contribution in [0.25, 0.3) is 0 Å². The Morgan fingerprint density at radius 1 is 1.15 bits per heavy atom. The van der Waals surface area contributed by atoms with Crippen molar-refractivity contribution in [2.75, 3.05) is 12.8 Å². The molecular weight excluding hydrogens is 290 g/mol. The zero-order valence-electron chi connectivity index (χ0n) is 11.3. The van der Waals surface area contributed by atoms with Crippen LogP contribution in [0.3, 0.4) is 0 Å². The van der Waals surface area contributed by atoms with Crippen LogP contribution in [0.1, 0.15) is 5.56 Å². The molecule has 0 aromatic heterocycles. The van der Waals surface area contributed by atoms with Crippen LogP contribution in [0, 0.1) is 0 Å². The standard InChI is InChI=1S/C16H18ClNOS/c1-18-13(10-12-6-8-14(19)9-7-12)11-20-16-5-3-2-4-15(16)17/h2-9,13,18-19H,10-11H2,1H3. The monoisotopic (exact) mass is 307 g/mol. The Morgan fingerprint density at radius 3 is 2.50 bits per heavy atom. The molecule has 20 heavy (non-hydrogen) atoms. The molecule has 0 aliphatic carbocycles. The lowest BCUT2D eigenvalue weighted by Crippen LogP contribution is -2.30. The molecule has 2 nitrogen and oxygen atoms in total. The highest BCUT2D eigenvalue weighted by molar-refractivity contribution is 7.99. The van der Waals surface area contributed by atoms with Gasteiger partial charge in [-0.1, -0.05) is 35.9 Å². The summed E-state index contributed by atoms with van der Waals surface area (Å²) in [6.07, 6.45) is 0.925. The molecule has 4 heteroatoms. The third kappa shape index (κ3) is 4.44. The molecule has 1 unspecified atom stereocenters. The number of rotatable bonds is 6. The van der Waals surface area contributed by atoms with E-state index in [1.165, 1.54) is 5.56 Å². The van der Waals surface area contributed by atoms with Gasteiger partial charge in [-0.05, 0) is 43.3 Å². The lowest BCUT2D eigenvalue weighted by molar-refractivity contribution is 0.475. The van der Waals surface area contributed by atoms with Crippen LogP contribution in [0.2, 0.25) is 5.02 Å². The summed E-state index contributed by atoms with van der Waals surface area (Å²) in [5.74, 6) is 1.25. The number of phenolic OH excluding ortho intramolecular Hbond substituents is 1. The second-order valence-electron chi connectivity index (χ2n) is 4.60. The van der Waals surface area contributed by atoms with Gasteiger partial charge in [0.15, 0.2) is 0 Å². The van der Waals surface area contributed by atoms with E-state index in [1.807, 2.05) is 43.4 Å². The number of thioether (sulfide) groups is 1. The van der Waals surface area contributed by atoms with Gasteiger partial charge in [0.2, 0.25) is 0 Å². The number of hydrogen-bond donors (Lipinski definition) is 2. The molecule has 2 N–H and O–H groups in total. The Kier molecular flexibility index (Phi) is 5.77. The van der Waals surface area contributed by atoms with E-state index in [4.69, 9.17) is 11.6 Å². The summed E-state index contributed by atoms with van der Waals surface area (Å²) < 4.78 is 0. The first-order valence-corrected chi connectivity index (χ1v) is 7.88. The maximum absolute atomic E-state index is 9.30. The van der Waals surface area contributed by atoms with E-state index in [0.717, 1.165) is 22.1 Å². The number of benzene rings is 2. The molecular formula is C16H18ClNOS. The molecule has 0 radical (unpaired) electrons. The van der Waals surface area contributed by atoms with Crippen molar-refractivity contribution in [2.24, 2.45) is 0 Å². The summed E-state index contributed by atoms with van der Waals surface area (Å²) in [4.78, 5) is 1.11. The fourth-order valence-electron chi connectivity index (χ4n) is 1.91. The predicted octanol–water partition coefficient (Wildman–Crippen LogP) is 3.97. The van der Waals surface area contributed by atoms with E-state index in [0.29, 0.717) is 11.8 Å². The van der Waals surface area contributed by atoms with Crippen LogP contribution < -0.4 is 5.32 Å². The predicted molar refractivity (Wildman–Crippen MR) is 86.8 cm³/mol. The van der Waals surface area contributed by atoms with Gasteiger partial charge in [-0.3, -0.25) is 0 Å². The fourth-order valence-corrected chi connectivity index (χ4v) is 3.26. The van der Waals surface area contributed by atoms with Gasteiger partial charge in [-0.2, -0.15) is 0 Å². The topological polar surface area (TPSA) is 32.3 Å². The number of phenols is 1. The normalized spacial score (nSPS) is 12.3. The number of aromatic hydroxyl groups is 1. The van der Waals surface area contributed by atoms with Gasteiger partial charge in [-0.25, -0.2) is 0 Å². The molecule has 0 bridgehead atoms. The van der Waals surface area contributed by atoms with Gasteiger partial charge < -0.3 is 10.4 Å². The Balaban J connectivity index is 1.92. The average Bonchev–Trinajstić information content (AvgIpc) is 2.47. The van der Waals surface area contributed by atoms with Crippen LogP contribution in [0.15, 0.2) is 53.4 Å². The summed E-state index contributed by atoms with van der Waals surface area (Å²) in [5.41, 5.74) is 1.21. The largest absolute Gasteiger partial charge is 0.508 e. The van der Waals surface area contributed by atoms with E-state index in [9.17, 15) is 5.11 Å². The maximum Gasteiger partial charge on any atom is 0.115 e. The molecule has 0 fully saturated rings. The van der Waals surface area contributed by atoms with Crippen molar-refractivity contribution in [3.8, 4) is 5.75 Å². The zero-order valence-corrected chi connectivity index (χ0v) is 12.9. The van der Waals surface area contributed by atoms with Crippen molar-refractivity contribution in [3.05, 3.63) is 59.1 Å². The minimum absolute atomic E-state index is 0.306. The Morgan fingerprint density at radius 2 is 1.85 bits per heavy atom.